The number of ether oxygens (including phenoxy) is 1. The van der Waals surface area contributed by atoms with Gasteiger partial charge in [-0.05, 0) is 44.5 Å². The summed E-state index contributed by atoms with van der Waals surface area (Å²) in [7, 11) is 0. The molecule has 0 radical (unpaired) electrons. The van der Waals surface area contributed by atoms with Crippen LogP contribution >= 0.6 is 12.2 Å². The van der Waals surface area contributed by atoms with Gasteiger partial charge in [-0.2, -0.15) is 0 Å². The number of nitrogens with one attached hydrogen (secondary N) is 1. The molecule has 0 heterocycles. The average molecular weight is 185 g/mol. The maximum absolute atomic E-state index is 5.47. The van der Waals surface area contributed by atoms with E-state index in [0.29, 0.717) is 5.17 Å². The van der Waals surface area contributed by atoms with Crippen molar-refractivity contribution in [3.8, 4) is 0 Å². The minimum atomic E-state index is 0.199. The first-order valence-electron chi connectivity index (χ1n) is 4.44. The Hall–Kier alpha value is -0.570. The van der Waals surface area contributed by atoms with Gasteiger partial charge in [-0.3, -0.25) is 0 Å². The zero-order valence-electron chi connectivity index (χ0n) is 7.38. The largest absolute Gasteiger partial charge is 0.464 e. The van der Waals surface area contributed by atoms with Crippen LogP contribution in [0.3, 0.4) is 0 Å². The van der Waals surface area contributed by atoms with Gasteiger partial charge in [0.05, 0.1) is 0 Å². The monoisotopic (exact) mass is 185 g/mol. The molecule has 1 aliphatic rings. The third kappa shape index (κ3) is 3.22. The van der Waals surface area contributed by atoms with Crippen molar-refractivity contribution in [2.24, 2.45) is 0 Å². The summed E-state index contributed by atoms with van der Waals surface area (Å²) in [5.41, 5.74) is 0. The molecule has 0 bridgehead atoms. The first kappa shape index (κ1) is 9.52. The Balaban J connectivity index is 2.25. The molecule has 0 aromatic rings. The lowest BCUT2D eigenvalue weighted by Gasteiger charge is -2.18. The van der Waals surface area contributed by atoms with Crippen molar-refractivity contribution in [2.75, 3.05) is 6.54 Å². The highest BCUT2D eigenvalue weighted by atomic mass is 32.1. The molecule has 1 rings (SSSR count). The first-order chi connectivity index (χ1) is 5.83. The highest BCUT2D eigenvalue weighted by molar-refractivity contribution is 7.80. The molecule has 68 valence electrons. The standard InChI is InChI=1S/C9H15NOS/c1-2-10-9(12)11-8-6-4-3-5-7-8/h4,6,8H,2-3,5,7H2,1H3,(H,10,12). The van der Waals surface area contributed by atoms with Gasteiger partial charge in [0, 0.05) is 6.54 Å². The van der Waals surface area contributed by atoms with Crippen LogP contribution in [0.15, 0.2) is 12.2 Å². The van der Waals surface area contributed by atoms with Crippen molar-refractivity contribution < 1.29 is 4.74 Å². The van der Waals surface area contributed by atoms with E-state index in [9.17, 15) is 0 Å². The zero-order valence-corrected chi connectivity index (χ0v) is 8.19. The van der Waals surface area contributed by atoms with E-state index in [1.165, 1.54) is 12.8 Å². The molecule has 0 aromatic heterocycles. The Morgan fingerprint density at radius 2 is 2.58 bits per heavy atom. The van der Waals surface area contributed by atoms with Gasteiger partial charge in [0.1, 0.15) is 6.10 Å². The molecule has 0 spiro atoms. The molecule has 1 aliphatic carbocycles. The van der Waals surface area contributed by atoms with Gasteiger partial charge in [-0.25, -0.2) is 0 Å². The highest BCUT2D eigenvalue weighted by Crippen LogP contribution is 2.13. The fraction of sp³-hybridized carbons (Fsp3) is 0.667. The molecule has 0 saturated heterocycles. The van der Waals surface area contributed by atoms with E-state index in [4.69, 9.17) is 17.0 Å². The van der Waals surface area contributed by atoms with Gasteiger partial charge in [0.2, 0.25) is 0 Å². The molecule has 1 atom stereocenters. The minimum Gasteiger partial charge on any atom is -0.464 e. The Kier molecular flexibility index (Phi) is 4.08. The van der Waals surface area contributed by atoms with Gasteiger partial charge in [-0.1, -0.05) is 6.08 Å². The van der Waals surface area contributed by atoms with Crippen LogP contribution in [-0.2, 0) is 4.74 Å². The molecular formula is C9H15NOS. The quantitative estimate of drug-likeness (QED) is 0.525. The molecule has 0 aromatic carbocycles. The van der Waals surface area contributed by atoms with Crippen molar-refractivity contribution in [1.82, 2.24) is 5.32 Å². The second kappa shape index (κ2) is 5.14. The summed E-state index contributed by atoms with van der Waals surface area (Å²) in [5.74, 6) is 0. The zero-order chi connectivity index (χ0) is 8.81. The molecule has 2 nitrogen and oxygen atoms in total. The van der Waals surface area contributed by atoms with Crippen LogP contribution in [0.5, 0.6) is 0 Å². The molecule has 0 saturated carbocycles. The SMILES string of the molecule is CCNC(=S)OC1C=CCCC1. The Morgan fingerprint density at radius 1 is 1.75 bits per heavy atom. The van der Waals surface area contributed by atoms with Gasteiger partial charge < -0.3 is 10.1 Å². The lowest BCUT2D eigenvalue weighted by atomic mass is 10.1. The third-order valence-electron chi connectivity index (χ3n) is 1.79. The van der Waals surface area contributed by atoms with Crippen molar-refractivity contribution in [2.45, 2.75) is 32.3 Å². The first-order valence-corrected chi connectivity index (χ1v) is 4.85. The summed E-state index contributed by atoms with van der Waals surface area (Å²) in [5, 5.41) is 3.49. The average Bonchev–Trinajstić information content (AvgIpc) is 2.06. The van der Waals surface area contributed by atoms with Crippen LogP contribution in [0, 0.1) is 0 Å². The van der Waals surface area contributed by atoms with Crippen LogP contribution < -0.4 is 5.32 Å². The van der Waals surface area contributed by atoms with E-state index in [1.54, 1.807) is 0 Å². The molecule has 0 fully saturated rings. The maximum atomic E-state index is 5.47. The fourth-order valence-corrected chi connectivity index (χ4v) is 1.47. The number of allylic oxidation sites excluding steroid dienone is 1. The maximum Gasteiger partial charge on any atom is 0.257 e. The molecule has 12 heavy (non-hydrogen) atoms. The van der Waals surface area contributed by atoms with E-state index in [0.717, 1.165) is 13.0 Å². The van der Waals surface area contributed by atoms with Crippen molar-refractivity contribution in [1.29, 1.82) is 0 Å². The van der Waals surface area contributed by atoms with Crippen LogP contribution in [0.4, 0.5) is 0 Å². The van der Waals surface area contributed by atoms with Crippen LogP contribution in [-0.4, -0.2) is 17.8 Å². The fourth-order valence-electron chi connectivity index (χ4n) is 1.20. The van der Waals surface area contributed by atoms with E-state index in [-0.39, 0.29) is 6.10 Å². The third-order valence-corrected chi connectivity index (χ3v) is 2.03. The van der Waals surface area contributed by atoms with Crippen LogP contribution in [0.25, 0.3) is 0 Å². The normalized spacial score (nSPS) is 21.9. The Morgan fingerprint density at radius 3 is 3.17 bits per heavy atom. The van der Waals surface area contributed by atoms with Gasteiger partial charge in [-0.15, -0.1) is 0 Å². The second-order valence-electron chi connectivity index (χ2n) is 2.83. The predicted molar refractivity (Wildman–Crippen MR) is 54.1 cm³/mol. The molecule has 0 amide bonds. The summed E-state index contributed by atoms with van der Waals surface area (Å²) in [4.78, 5) is 0. The van der Waals surface area contributed by atoms with Crippen molar-refractivity contribution in [3.63, 3.8) is 0 Å². The summed E-state index contributed by atoms with van der Waals surface area (Å²) in [6.07, 6.45) is 7.91. The van der Waals surface area contributed by atoms with Crippen LogP contribution in [0.1, 0.15) is 26.2 Å². The van der Waals surface area contributed by atoms with Crippen molar-refractivity contribution in [3.05, 3.63) is 12.2 Å². The summed E-state index contributed by atoms with van der Waals surface area (Å²) >= 11 is 4.97. The predicted octanol–water partition coefficient (Wildman–Crippen LogP) is 2.01. The molecule has 3 heteroatoms. The summed E-state index contributed by atoms with van der Waals surface area (Å²) in [6, 6.07) is 0. The van der Waals surface area contributed by atoms with E-state index < -0.39 is 0 Å². The topological polar surface area (TPSA) is 21.3 Å². The number of hydrogen-bond acceptors (Lipinski definition) is 2. The smallest absolute Gasteiger partial charge is 0.257 e. The molecule has 1 N–H and O–H groups in total. The van der Waals surface area contributed by atoms with Gasteiger partial charge in [0.25, 0.3) is 5.17 Å². The highest BCUT2D eigenvalue weighted by Gasteiger charge is 2.10. The van der Waals surface area contributed by atoms with Crippen LogP contribution in [0.2, 0.25) is 0 Å². The number of thiocarbonyl (C=S) groups is 1. The minimum absolute atomic E-state index is 0.199. The van der Waals surface area contributed by atoms with E-state index in [1.807, 2.05) is 6.92 Å². The van der Waals surface area contributed by atoms with E-state index in [2.05, 4.69) is 17.5 Å². The molecular weight excluding hydrogens is 170 g/mol. The Bertz CT molecular complexity index is 179. The summed E-state index contributed by atoms with van der Waals surface area (Å²) < 4.78 is 5.47. The van der Waals surface area contributed by atoms with E-state index >= 15 is 0 Å². The van der Waals surface area contributed by atoms with Gasteiger partial charge in [0.15, 0.2) is 0 Å². The van der Waals surface area contributed by atoms with Gasteiger partial charge >= 0.3 is 0 Å². The van der Waals surface area contributed by atoms with Crippen molar-refractivity contribution >= 4 is 17.4 Å². The molecule has 0 aliphatic heterocycles. The lowest BCUT2D eigenvalue weighted by molar-refractivity contribution is 0.213. The number of hydrogen-bond donors (Lipinski definition) is 1. The lowest BCUT2D eigenvalue weighted by Crippen LogP contribution is -2.28. The number of rotatable bonds is 2. The Labute approximate surface area is 79.0 Å². The summed E-state index contributed by atoms with van der Waals surface area (Å²) in [6.45, 7) is 2.83. The molecule has 1 unspecified atom stereocenters. The second-order valence-corrected chi connectivity index (χ2v) is 3.20.